The van der Waals surface area contributed by atoms with E-state index in [1.807, 2.05) is 48.6 Å². The number of hydrogen-bond donors (Lipinski definition) is 1. The van der Waals surface area contributed by atoms with E-state index in [2.05, 4.69) is 15.8 Å². The number of pyridine rings is 1. The van der Waals surface area contributed by atoms with Gasteiger partial charge in [0, 0.05) is 11.3 Å². The van der Waals surface area contributed by atoms with Crippen LogP contribution in [0.5, 0.6) is 0 Å². The van der Waals surface area contributed by atoms with Crippen molar-refractivity contribution in [2.45, 2.75) is 24.1 Å². The van der Waals surface area contributed by atoms with Crippen molar-refractivity contribution in [1.29, 1.82) is 5.26 Å². The van der Waals surface area contributed by atoms with E-state index < -0.39 is 15.3 Å². The fourth-order valence-electron chi connectivity index (χ4n) is 3.53. The summed E-state index contributed by atoms with van der Waals surface area (Å²) in [4.78, 5) is 17.7. The standard InChI is InChI=1S/C23H20N4O3S2/c1-14-12-21(27-20-7-5-4-6-19(20)25-23(27)18(14)13-24)31-15(2)22(28)16-8-10-17(11-9-16)26-32(3,29)30/h4-12,15,26H,1-3H3/t15-/m0/s1. The number of rotatable bonds is 6. The van der Waals surface area contributed by atoms with E-state index in [0.717, 1.165) is 27.9 Å². The van der Waals surface area contributed by atoms with Gasteiger partial charge in [0.1, 0.15) is 6.07 Å². The molecule has 2 heterocycles. The number of ketones is 1. The molecule has 9 heteroatoms. The number of benzene rings is 2. The monoisotopic (exact) mass is 464 g/mol. The molecule has 2 aromatic heterocycles. The molecule has 32 heavy (non-hydrogen) atoms. The molecule has 0 fully saturated rings. The van der Waals surface area contributed by atoms with E-state index in [1.54, 1.807) is 24.3 Å². The second kappa shape index (κ2) is 8.30. The number of carbonyl (C=O) groups is 1. The Labute approximate surface area is 190 Å². The van der Waals surface area contributed by atoms with Gasteiger partial charge in [-0.05, 0) is 61.9 Å². The first kappa shape index (κ1) is 21.9. The molecule has 1 atom stereocenters. The highest BCUT2D eigenvalue weighted by Gasteiger charge is 2.21. The summed E-state index contributed by atoms with van der Waals surface area (Å²) < 4.78 is 27.1. The molecular formula is C23H20N4O3S2. The Morgan fingerprint density at radius 2 is 1.88 bits per heavy atom. The topological polar surface area (TPSA) is 104 Å². The number of fused-ring (bicyclic) bond motifs is 3. The number of hydrogen-bond acceptors (Lipinski definition) is 6. The Morgan fingerprint density at radius 1 is 1.19 bits per heavy atom. The Hall–Kier alpha value is -3.35. The second-order valence-electron chi connectivity index (χ2n) is 7.49. The van der Waals surface area contributed by atoms with Crippen LogP contribution in [0.25, 0.3) is 16.7 Å². The maximum atomic E-state index is 13.1. The van der Waals surface area contributed by atoms with Gasteiger partial charge in [-0.2, -0.15) is 5.26 Å². The van der Waals surface area contributed by atoms with E-state index in [-0.39, 0.29) is 5.78 Å². The van der Waals surface area contributed by atoms with E-state index in [1.165, 1.54) is 11.8 Å². The van der Waals surface area contributed by atoms with Gasteiger partial charge < -0.3 is 0 Å². The summed E-state index contributed by atoms with van der Waals surface area (Å²) in [6, 6.07) is 18.2. The van der Waals surface area contributed by atoms with Crippen molar-refractivity contribution < 1.29 is 13.2 Å². The number of sulfonamides is 1. The molecule has 7 nitrogen and oxygen atoms in total. The molecule has 0 saturated carbocycles. The van der Waals surface area contributed by atoms with Gasteiger partial charge in [-0.25, -0.2) is 13.4 Å². The summed E-state index contributed by atoms with van der Waals surface area (Å²) in [5, 5.41) is 10.0. The zero-order valence-corrected chi connectivity index (χ0v) is 19.3. The van der Waals surface area contributed by atoms with Crippen molar-refractivity contribution >= 4 is 49.9 Å². The highest BCUT2D eigenvalue weighted by molar-refractivity contribution is 8.00. The van der Waals surface area contributed by atoms with Crippen LogP contribution in [-0.2, 0) is 10.0 Å². The molecule has 4 rings (SSSR count). The van der Waals surface area contributed by atoms with Crippen molar-refractivity contribution in [2.75, 3.05) is 11.0 Å². The predicted octanol–water partition coefficient (Wildman–Crippen LogP) is 4.40. The molecule has 0 bridgehead atoms. The highest BCUT2D eigenvalue weighted by atomic mass is 32.2. The van der Waals surface area contributed by atoms with Gasteiger partial charge in [0.05, 0.1) is 33.1 Å². The summed E-state index contributed by atoms with van der Waals surface area (Å²) in [6.07, 6.45) is 1.07. The lowest BCUT2D eigenvalue weighted by atomic mass is 10.1. The maximum absolute atomic E-state index is 13.1. The third kappa shape index (κ3) is 4.20. The van der Waals surface area contributed by atoms with E-state index in [0.29, 0.717) is 22.5 Å². The minimum Gasteiger partial charge on any atom is -0.293 e. The SMILES string of the molecule is Cc1cc(S[C@@H](C)C(=O)c2ccc(NS(C)(=O)=O)cc2)n2c(nc3ccccc32)c1C#N. The van der Waals surface area contributed by atoms with Crippen molar-refractivity contribution in [2.24, 2.45) is 0 Å². The molecule has 0 amide bonds. The van der Waals surface area contributed by atoms with Gasteiger partial charge in [0.15, 0.2) is 11.4 Å². The number of Topliss-reactive ketones (excluding diaryl/α,β-unsaturated/α-hetero) is 1. The fraction of sp³-hybridized carbons (Fsp3) is 0.174. The number of aryl methyl sites for hydroxylation is 1. The fourth-order valence-corrected chi connectivity index (χ4v) is 5.23. The molecule has 0 aliphatic heterocycles. The van der Waals surface area contributed by atoms with E-state index in [4.69, 9.17) is 0 Å². The number of aromatic nitrogens is 2. The maximum Gasteiger partial charge on any atom is 0.229 e. The van der Waals surface area contributed by atoms with Crippen LogP contribution in [0.2, 0.25) is 0 Å². The average Bonchev–Trinajstić information content (AvgIpc) is 3.12. The first-order valence-electron chi connectivity index (χ1n) is 9.77. The number of nitrogens with zero attached hydrogens (tertiary/aromatic N) is 3. The van der Waals surface area contributed by atoms with Crippen molar-refractivity contribution in [3.8, 4) is 6.07 Å². The minimum atomic E-state index is -3.38. The van der Waals surface area contributed by atoms with Crippen molar-refractivity contribution in [3.05, 3.63) is 71.3 Å². The average molecular weight is 465 g/mol. The quantitative estimate of drug-likeness (QED) is 0.335. The number of nitrogens with one attached hydrogen (secondary N) is 1. The van der Waals surface area contributed by atoms with Crippen LogP contribution in [0.3, 0.4) is 0 Å². The zero-order chi connectivity index (χ0) is 23.0. The summed E-state index contributed by atoms with van der Waals surface area (Å²) >= 11 is 1.40. The Morgan fingerprint density at radius 3 is 2.53 bits per heavy atom. The largest absolute Gasteiger partial charge is 0.293 e. The molecule has 2 aromatic carbocycles. The van der Waals surface area contributed by atoms with Crippen molar-refractivity contribution in [3.63, 3.8) is 0 Å². The van der Waals surface area contributed by atoms with Crippen LogP contribution < -0.4 is 4.72 Å². The Bertz CT molecular complexity index is 1500. The molecule has 0 radical (unpaired) electrons. The molecule has 4 aromatic rings. The predicted molar refractivity (Wildman–Crippen MR) is 127 cm³/mol. The molecule has 0 saturated heterocycles. The summed E-state index contributed by atoms with van der Waals surface area (Å²) in [7, 11) is -3.38. The lowest BCUT2D eigenvalue weighted by Crippen LogP contribution is -2.15. The first-order valence-corrected chi connectivity index (χ1v) is 12.5. The first-order chi connectivity index (χ1) is 15.2. The Balaban J connectivity index is 1.69. The minimum absolute atomic E-state index is 0.0829. The third-order valence-corrected chi connectivity index (χ3v) is 6.71. The lowest BCUT2D eigenvalue weighted by molar-refractivity contribution is 0.0994. The third-order valence-electron chi connectivity index (χ3n) is 4.99. The number of imidazole rings is 1. The van der Waals surface area contributed by atoms with Gasteiger partial charge in [0.25, 0.3) is 0 Å². The molecule has 162 valence electrons. The number of anilines is 1. The number of thioether (sulfide) groups is 1. The van der Waals surface area contributed by atoms with Crippen LogP contribution in [0, 0.1) is 18.3 Å². The van der Waals surface area contributed by atoms with Crippen LogP contribution in [0.15, 0.2) is 59.6 Å². The number of para-hydroxylation sites is 2. The molecule has 0 spiro atoms. The lowest BCUT2D eigenvalue weighted by Gasteiger charge is -2.14. The van der Waals surface area contributed by atoms with Gasteiger partial charge >= 0.3 is 0 Å². The molecule has 0 aliphatic rings. The van der Waals surface area contributed by atoms with Crippen LogP contribution in [0.4, 0.5) is 5.69 Å². The van der Waals surface area contributed by atoms with Gasteiger partial charge in [-0.1, -0.05) is 23.9 Å². The van der Waals surface area contributed by atoms with Crippen LogP contribution in [0.1, 0.15) is 28.4 Å². The Kier molecular flexibility index (Phi) is 5.67. The van der Waals surface area contributed by atoms with E-state index >= 15 is 0 Å². The summed E-state index contributed by atoms with van der Waals surface area (Å²) in [6.45, 7) is 3.69. The molecule has 0 aliphatic carbocycles. The molecule has 1 N–H and O–H groups in total. The van der Waals surface area contributed by atoms with Gasteiger partial charge in [-0.15, -0.1) is 0 Å². The van der Waals surface area contributed by atoms with Gasteiger partial charge in [-0.3, -0.25) is 13.9 Å². The summed E-state index contributed by atoms with van der Waals surface area (Å²) in [5.74, 6) is -0.0829. The van der Waals surface area contributed by atoms with Crippen LogP contribution in [-0.4, -0.2) is 35.1 Å². The highest BCUT2D eigenvalue weighted by Crippen LogP contribution is 2.32. The number of carbonyl (C=O) groups excluding carboxylic acids is 1. The van der Waals surface area contributed by atoms with Crippen molar-refractivity contribution in [1.82, 2.24) is 9.38 Å². The smallest absolute Gasteiger partial charge is 0.229 e. The number of nitriles is 1. The van der Waals surface area contributed by atoms with Crippen LogP contribution >= 0.6 is 11.8 Å². The van der Waals surface area contributed by atoms with Gasteiger partial charge in [0.2, 0.25) is 10.0 Å². The summed E-state index contributed by atoms with van der Waals surface area (Å²) in [5.41, 5.74) is 4.43. The normalized spacial score (nSPS) is 12.6. The zero-order valence-electron chi connectivity index (χ0n) is 17.7. The van der Waals surface area contributed by atoms with E-state index in [9.17, 15) is 18.5 Å². The molecular weight excluding hydrogens is 444 g/mol. The molecule has 0 unspecified atom stereocenters. The second-order valence-corrected chi connectivity index (χ2v) is 10.6.